The van der Waals surface area contributed by atoms with Gasteiger partial charge in [0.15, 0.2) is 0 Å². The molecule has 0 bridgehead atoms. The van der Waals surface area contributed by atoms with E-state index in [4.69, 9.17) is 22.1 Å². The van der Waals surface area contributed by atoms with Gasteiger partial charge in [-0.25, -0.2) is 0 Å². The van der Waals surface area contributed by atoms with E-state index in [0.717, 1.165) is 16.9 Å². The molecule has 2 N–H and O–H groups in total. The average Bonchev–Trinajstić information content (AvgIpc) is 2.41. The summed E-state index contributed by atoms with van der Waals surface area (Å²) in [5, 5.41) is 0.673. The van der Waals surface area contributed by atoms with Gasteiger partial charge in [-0.1, -0.05) is 41.9 Å². The van der Waals surface area contributed by atoms with E-state index in [1.165, 1.54) is 0 Å². The lowest BCUT2D eigenvalue weighted by atomic mass is 10.1. The Bertz CT molecular complexity index is 540. The SMILES string of the molecule is CC(Oc1ccc(Cl)cc1[C@H](C)N)c1ccccc1. The maximum absolute atomic E-state index is 6.01. The summed E-state index contributed by atoms with van der Waals surface area (Å²) in [4.78, 5) is 0. The van der Waals surface area contributed by atoms with Crippen LogP contribution in [0, 0.1) is 0 Å². The number of benzene rings is 2. The van der Waals surface area contributed by atoms with Crippen molar-refractivity contribution in [1.29, 1.82) is 0 Å². The monoisotopic (exact) mass is 275 g/mol. The molecule has 2 aromatic carbocycles. The number of nitrogens with two attached hydrogens (primary N) is 1. The van der Waals surface area contributed by atoms with Crippen molar-refractivity contribution < 1.29 is 4.74 Å². The first-order valence-corrected chi connectivity index (χ1v) is 6.72. The van der Waals surface area contributed by atoms with Gasteiger partial charge < -0.3 is 10.5 Å². The van der Waals surface area contributed by atoms with Crippen LogP contribution in [0.1, 0.15) is 37.1 Å². The molecule has 0 saturated heterocycles. The second-order valence-corrected chi connectivity index (χ2v) is 5.08. The fraction of sp³-hybridized carbons (Fsp3) is 0.250. The molecule has 3 heteroatoms. The molecule has 2 nitrogen and oxygen atoms in total. The maximum Gasteiger partial charge on any atom is 0.125 e. The minimum Gasteiger partial charge on any atom is -0.486 e. The van der Waals surface area contributed by atoms with E-state index >= 15 is 0 Å². The molecule has 2 atom stereocenters. The van der Waals surface area contributed by atoms with E-state index < -0.39 is 0 Å². The molecule has 2 rings (SSSR count). The van der Waals surface area contributed by atoms with Crippen LogP contribution in [0.5, 0.6) is 5.75 Å². The van der Waals surface area contributed by atoms with Crippen LogP contribution in [0.3, 0.4) is 0 Å². The molecule has 0 amide bonds. The van der Waals surface area contributed by atoms with Gasteiger partial charge >= 0.3 is 0 Å². The molecule has 0 radical (unpaired) electrons. The molecule has 0 heterocycles. The van der Waals surface area contributed by atoms with Gasteiger partial charge in [0, 0.05) is 16.6 Å². The summed E-state index contributed by atoms with van der Waals surface area (Å²) < 4.78 is 6.01. The van der Waals surface area contributed by atoms with E-state index in [1.807, 2.05) is 62.4 Å². The van der Waals surface area contributed by atoms with Gasteiger partial charge in [-0.05, 0) is 37.6 Å². The molecular weight excluding hydrogens is 258 g/mol. The Morgan fingerprint density at radius 3 is 2.37 bits per heavy atom. The van der Waals surface area contributed by atoms with Crippen LogP contribution in [0.4, 0.5) is 0 Å². The zero-order valence-corrected chi connectivity index (χ0v) is 11.9. The fourth-order valence-electron chi connectivity index (χ4n) is 1.97. The lowest BCUT2D eigenvalue weighted by Gasteiger charge is -2.19. The van der Waals surface area contributed by atoms with Crippen LogP contribution < -0.4 is 10.5 Å². The summed E-state index contributed by atoms with van der Waals surface area (Å²) in [6.07, 6.45) is -0.0279. The van der Waals surface area contributed by atoms with Gasteiger partial charge in [-0.15, -0.1) is 0 Å². The molecule has 1 unspecified atom stereocenters. The van der Waals surface area contributed by atoms with E-state index in [-0.39, 0.29) is 12.1 Å². The summed E-state index contributed by atoms with van der Waals surface area (Å²) in [6.45, 7) is 3.95. The van der Waals surface area contributed by atoms with Gasteiger partial charge in [0.1, 0.15) is 11.9 Å². The Hall–Kier alpha value is -1.51. The van der Waals surface area contributed by atoms with Crippen molar-refractivity contribution in [2.24, 2.45) is 5.73 Å². The van der Waals surface area contributed by atoms with Crippen LogP contribution in [-0.4, -0.2) is 0 Å². The smallest absolute Gasteiger partial charge is 0.125 e. The lowest BCUT2D eigenvalue weighted by molar-refractivity contribution is 0.223. The highest BCUT2D eigenvalue weighted by Gasteiger charge is 2.13. The Morgan fingerprint density at radius 1 is 1.05 bits per heavy atom. The summed E-state index contributed by atoms with van der Waals surface area (Å²) in [7, 11) is 0. The van der Waals surface area contributed by atoms with Crippen molar-refractivity contribution in [3.05, 3.63) is 64.7 Å². The Morgan fingerprint density at radius 2 is 1.74 bits per heavy atom. The highest BCUT2D eigenvalue weighted by molar-refractivity contribution is 6.30. The number of rotatable bonds is 4. The fourth-order valence-corrected chi connectivity index (χ4v) is 2.15. The quantitative estimate of drug-likeness (QED) is 0.892. The molecule has 0 aliphatic carbocycles. The summed E-state index contributed by atoms with van der Waals surface area (Å²) in [5.41, 5.74) is 8.02. The van der Waals surface area contributed by atoms with Crippen molar-refractivity contribution >= 4 is 11.6 Å². The highest BCUT2D eigenvalue weighted by Crippen LogP contribution is 2.30. The number of hydrogen-bond donors (Lipinski definition) is 1. The van der Waals surface area contributed by atoms with Crippen molar-refractivity contribution in [2.75, 3.05) is 0 Å². The van der Waals surface area contributed by atoms with Crippen molar-refractivity contribution in [3.8, 4) is 5.75 Å². The first-order chi connectivity index (χ1) is 9.08. The summed E-state index contributed by atoms with van der Waals surface area (Å²) in [5.74, 6) is 0.788. The van der Waals surface area contributed by atoms with Gasteiger partial charge in [-0.3, -0.25) is 0 Å². The van der Waals surface area contributed by atoms with Crippen LogP contribution in [0.2, 0.25) is 5.02 Å². The lowest BCUT2D eigenvalue weighted by Crippen LogP contribution is -2.10. The van der Waals surface area contributed by atoms with Gasteiger partial charge in [0.2, 0.25) is 0 Å². The Balaban J connectivity index is 2.24. The molecule has 100 valence electrons. The predicted octanol–water partition coefficient (Wildman–Crippen LogP) is 4.50. The van der Waals surface area contributed by atoms with E-state index in [9.17, 15) is 0 Å². The Kier molecular flexibility index (Phi) is 4.46. The van der Waals surface area contributed by atoms with E-state index in [1.54, 1.807) is 0 Å². The number of ether oxygens (including phenoxy) is 1. The molecule has 2 aromatic rings. The molecule has 0 fully saturated rings. The van der Waals surface area contributed by atoms with Gasteiger partial charge in [0.25, 0.3) is 0 Å². The van der Waals surface area contributed by atoms with E-state index in [0.29, 0.717) is 5.02 Å². The van der Waals surface area contributed by atoms with E-state index in [2.05, 4.69) is 0 Å². The van der Waals surface area contributed by atoms with Gasteiger partial charge in [-0.2, -0.15) is 0 Å². The first-order valence-electron chi connectivity index (χ1n) is 6.34. The predicted molar refractivity (Wildman–Crippen MR) is 79.5 cm³/mol. The molecule has 19 heavy (non-hydrogen) atoms. The minimum absolute atomic E-state index is 0.0279. The average molecular weight is 276 g/mol. The molecule has 0 aliphatic heterocycles. The highest BCUT2D eigenvalue weighted by atomic mass is 35.5. The maximum atomic E-state index is 6.01. The molecule has 0 aliphatic rings. The second-order valence-electron chi connectivity index (χ2n) is 4.64. The van der Waals surface area contributed by atoms with Crippen molar-refractivity contribution in [3.63, 3.8) is 0 Å². The Labute approximate surface area is 119 Å². The molecule has 0 aromatic heterocycles. The number of halogens is 1. The standard InChI is InChI=1S/C16H18ClNO/c1-11(18)15-10-14(17)8-9-16(15)19-12(2)13-6-4-3-5-7-13/h3-12H,18H2,1-2H3/t11-,12?/m0/s1. The van der Waals surface area contributed by atoms with Crippen molar-refractivity contribution in [2.45, 2.75) is 26.0 Å². The summed E-state index contributed by atoms with van der Waals surface area (Å²) >= 11 is 6.00. The second kappa shape index (κ2) is 6.09. The van der Waals surface area contributed by atoms with Crippen LogP contribution in [-0.2, 0) is 0 Å². The normalized spacial score (nSPS) is 13.9. The first kappa shape index (κ1) is 13.9. The topological polar surface area (TPSA) is 35.2 Å². The third-order valence-corrected chi connectivity index (χ3v) is 3.27. The third-order valence-electron chi connectivity index (χ3n) is 3.04. The third kappa shape index (κ3) is 3.49. The molecule has 0 spiro atoms. The zero-order valence-electron chi connectivity index (χ0n) is 11.1. The molecular formula is C16H18ClNO. The van der Waals surface area contributed by atoms with Crippen LogP contribution >= 0.6 is 11.6 Å². The van der Waals surface area contributed by atoms with Gasteiger partial charge in [0.05, 0.1) is 0 Å². The number of hydrogen-bond acceptors (Lipinski definition) is 2. The summed E-state index contributed by atoms with van der Waals surface area (Å²) in [6, 6.07) is 15.5. The largest absolute Gasteiger partial charge is 0.486 e. The zero-order chi connectivity index (χ0) is 13.8. The van der Waals surface area contributed by atoms with Crippen LogP contribution in [0.15, 0.2) is 48.5 Å². The minimum atomic E-state index is -0.114. The van der Waals surface area contributed by atoms with Crippen molar-refractivity contribution in [1.82, 2.24) is 0 Å². The molecule has 0 saturated carbocycles. The van der Waals surface area contributed by atoms with Crippen LogP contribution in [0.25, 0.3) is 0 Å².